The first-order valence-electron chi connectivity index (χ1n) is 4.77. The molecule has 1 rings (SSSR count). The number of halogens is 3. The fourth-order valence-electron chi connectivity index (χ4n) is 1.47. The third kappa shape index (κ3) is 2.85. The van der Waals surface area contributed by atoms with Gasteiger partial charge in [-0.2, -0.15) is 13.2 Å². The van der Waals surface area contributed by atoms with E-state index in [0.29, 0.717) is 0 Å². The fourth-order valence-corrected chi connectivity index (χ4v) is 1.47. The lowest BCUT2D eigenvalue weighted by Gasteiger charge is -2.17. The van der Waals surface area contributed by atoms with Gasteiger partial charge in [0.1, 0.15) is 0 Å². The van der Waals surface area contributed by atoms with Crippen LogP contribution in [0.15, 0.2) is 36.9 Å². The van der Waals surface area contributed by atoms with Crippen LogP contribution in [-0.4, -0.2) is 6.18 Å². The average molecular weight is 214 g/mol. The molecule has 0 saturated heterocycles. The Morgan fingerprint density at radius 1 is 1.40 bits per heavy atom. The van der Waals surface area contributed by atoms with Gasteiger partial charge in [0.05, 0.1) is 5.92 Å². The average Bonchev–Trinajstić information content (AvgIpc) is 2.17. The zero-order valence-electron chi connectivity index (χ0n) is 8.51. The highest BCUT2D eigenvalue weighted by atomic mass is 19.4. The van der Waals surface area contributed by atoms with Gasteiger partial charge >= 0.3 is 6.18 Å². The molecule has 1 unspecified atom stereocenters. The van der Waals surface area contributed by atoms with Crippen LogP contribution in [0.25, 0.3) is 0 Å². The molecule has 82 valence electrons. The Kier molecular flexibility index (Phi) is 3.56. The number of benzene rings is 1. The number of alkyl halides is 3. The van der Waals surface area contributed by atoms with Gasteiger partial charge in [0.25, 0.3) is 0 Å². The molecule has 0 aliphatic heterocycles. The molecule has 1 aromatic carbocycles. The number of aryl methyl sites for hydroxylation is 1. The van der Waals surface area contributed by atoms with Crippen molar-refractivity contribution in [1.82, 2.24) is 0 Å². The fraction of sp³-hybridized carbons (Fsp3) is 0.333. The summed E-state index contributed by atoms with van der Waals surface area (Å²) in [5.74, 6) is -1.57. The molecule has 1 atom stereocenters. The maximum atomic E-state index is 12.6. The molecule has 0 nitrogen and oxygen atoms in total. The lowest BCUT2D eigenvalue weighted by molar-refractivity contribution is -0.139. The minimum atomic E-state index is -4.26. The number of allylic oxidation sites excluding steroid dienone is 1. The van der Waals surface area contributed by atoms with E-state index in [2.05, 4.69) is 6.58 Å². The zero-order valence-corrected chi connectivity index (χ0v) is 8.51. The van der Waals surface area contributed by atoms with Crippen LogP contribution in [0, 0.1) is 0 Å². The van der Waals surface area contributed by atoms with E-state index >= 15 is 0 Å². The van der Waals surface area contributed by atoms with E-state index < -0.39 is 12.1 Å². The van der Waals surface area contributed by atoms with E-state index in [1.807, 2.05) is 13.0 Å². The van der Waals surface area contributed by atoms with Crippen molar-refractivity contribution in [1.29, 1.82) is 0 Å². The zero-order chi connectivity index (χ0) is 11.5. The van der Waals surface area contributed by atoms with Gasteiger partial charge in [-0.3, -0.25) is 0 Å². The second-order valence-corrected chi connectivity index (χ2v) is 3.35. The van der Waals surface area contributed by atoms with Gasteiger partial charge in [-0.1, -0.05) is 37.3 Å². The van der Waals surface area contributed by atoms with Crippen LogP contribution in [0.3, 0.4) is 0 Å². The van der Waals surface area contributed by atoms with Crippen molar-refractivity contribution in [2.45, 2.75) is 25.4 Å². The van der Waals surface area contributed by atoms with Gasteiger partial charge < -0.3 is 0 Å². The normalized spacial score (nSPS) is 13.6. The summed E-state index contributed by atoms with van der Waals surface area (Å²) in [6, 6.07) is 6.54. The topological polar surface area (TPSA) is 0 Å². The molecule has 0 fully saturated rings. The molecule has 0 radical (unpaired) electrons. The molecule has 15 heavy (non-hydrogen) atoms. The molecular weight excluding hydrogens is 201 g/mol. The second-order valence-electron chi connectivity index (χ2n) is 3.35. The van der Waals surface area contributed by atoms with Crippen LogP contribution in [0.4, 0.5) is 13.2 Å². The molecule has 0 N–H and O–H groups in total. The number of hydrogen-bond donors (Lipinski definition) is 0. The Bertz CT molecular complexity index is 339. The Morgan fingerprint density at radius 3 is 2.53 bits per heavy atom. The highest BCUT2D eigenvalue weighted by Crippen LogP contribution is 2.35. The van der Waals surface area contributed by atoms with Crippen molar-refractivity contribution in [3.05, 3.63) is 48.0 Å². The first kappa shape index (κ1) is 11.8. The lowest BCUT2D eigenvalue weighted by Crippen LogP contribution is -2.18. The smallest absolute Gasteiger partial charge is 0.170 e. The number of rotatable bonds is 3. The first-order chi connectivity index (χ1) is 6.99. The SMILES string of the molecule is C=CC(c1cccc(CC)c1)C(F)(F)F. The molecule has 0 saturated carbocycles. The van der Waals surface area contributed by atoms with Gasteiger partial charge in [-0.05, 0) is 17.5 Å². The van der Waals surface area contributed by atoms with E-state index in [4.69, 9.17) is 0 Å². The standard InChI is InChI=1S/C12H13F3/c1-3-9-6-5-7-10(8-9)11(4-2)12(13,14)15/h4-8,11H,2-3H2,1H3. The van der Waals surface area contributed by atoms with Gasteiger partial charge in [0.15, 0.2) is 0 Å². The van der Waals surface area contributed by atoms with Crippen molar-refractivity contribution in [2.75, 3.05) is 0 Å². The van der Waals surface area contributed by atoms with Crippen LogP contribution in [0.2, 0.25) is 0 Å². The molecule has 0 aliphatic rings. The van der Waals surface area contributed by atoms with E-state index in [1.54, 1.807) is 12.1 Å². The van der Waals surface area contributed by atoms with Gasteiger partial charge in [-0.25, -0.2) is 0 Å². The molecule has 0 bridgehead atoms. The second kappa shape index (κ2) is 4.51. The lowest BCUT2D eigenvalue weighted by atomic mass is 9.96. The summed E-state index contributed by atoms with van der Waals surface area (Å²) in [6.07, 6.45) is -2.58. The summed E-state index contributed by atoms with van der Waals surface area (Å²) >= 11 is 0. The van der Waals surface area contributed by atoms with Crippen LogP contribution in [-0.2, 0) is 6.42 Å². The molecule has 0 heterocycles. The Labute approximate surface area is 87.4 Å². The molecule has 1 aromatic rings. The number of hydrogen-bond acceptors (Lipinski definition) is 0. The molecular formula is C12H13F3. The van der Waals surface area contributed by atoms with Crippen molar-refractivity contribution >= 4 is 0 Å². The van der Waals surface area contributed by atoms with E-state index in [-0.39, 0.29) is 5.56 Å². The minimum Gasteiger partial charge on any atom is -0.170 e. The van der Waals surface area contributed by atoms with Crippen molar-refractivity contribution < 1.29 is 13.2 Å². The predicted molar refractivity (Wildman–Crippen MR) is 54.8 cm³/mol. The third-order valence-corrected chi connectivity index (χ3v) is 2.31. The van der Waals surface area contributed by atoms with Crippen molar-refractivity contribution in [3.8, 4) is 0 Å². The molecule has 3 heteroatoms. The van der Waals surface area contributed by atoms with E-state index in [9.17, 15) is 13.2 Å². The molecule has 0 amide bonds. The Hall–Kier alpha value is -1.25. The van der Waals surface area contributed by atoms with Gasteiger partial charge in [-0.15, -0.1) is 6.58 Å². The summed E-state index contributed by atoms with van der Waals surface area (Å²) in [4.78, 5) is 0. The third-order valence-electron chi connectivity index (χ3n) is 2.31. The monoisotopic (exact) mass is 214 g/mol. The summed E-state index contributed by atoms with van der Waals surface area (Å²) in [7, 11) is 0. The van der Waals surface area contributed by atoms with Crippen LogP contribution >= 0.6 is 0 Å². The largest absolute Gasteiger partial charge is 0.399 e. The highest BCUT2D eigenvalue weighted by Gasteiger charge is 2.38. The summed E-state index contributed by atoms with van der Waals surface area (Å²) in [6.45, 7) is 5.15. The molecule has 0 spiro atoms. The first-order valence-corrected chi connectivity index (χ1v) is 4.77. The van der Waals surface area contributed by atoms with Gasteiger partial charge in [0, 0.05) is 0 Å². The maximum Gasteiger partial charge on any atom is 0.399 e. The minimum absolute atomic E-state index is 0.261. The summed E-state index contributed by atoms with van der Waals surface area (Å²) in [5.41, 5.74) is 1.17. The molecule has 0 aromatic heterocycles. The maximum absolute atomic E-state index is 12.6. The highest BCUT2D eigenvalue weighted by molar-refractivity contribution is 5.30. The van der Waals surface area contributed by atoms with Crippen molar-refractivity contribution in [3.63, 3.8) is 0 Å². The van der Waals surface area contributed by atoms with Gasteiger partial charge in [0.2, 0.25) is 0 Å². The van der Waals surface area contributed by atoms with E-state index in [1.165, 1.54) is 6.07 Å². The predicted octanol–water partition coefficient (Wildman–Crippen LogP) is 4.08. The van der Waals surface area contributed by atoms with Crippen LogP contribution in [0.1, 0.15) is 24.0 Å². The van der Waals surface area contributed by atoms with Crippen LogP contribution < -0.4 is 0 Å². The Morgan fingerprint density at radius 2 is 2.07 bits per heavy atom. The summed E-state index contributed by atoms with van der Waals surface area (Å²) < 4.78 is 37.7. The Balaban J connectivity index is 3.07. The molecule has 0 aliphatic carbocycles. The van der Waals surface area contributed by atoms with Crippen molar-refractivity contribution in [2.24, 2.45) is 0 Å². The van der Waals surface area contributed by atoms with Crippen LogP contribution in [0.5, 0.6) is 0 Å². The summed E-state index contributed by atoms with van der Waals surface area (Å²) in [5, 5.41) is 0. The van der Waals surface area contributed by atoms with E-state index in [0.717, 1.165) is 18.1 Å². The quantitative estimate of drug-likeness (QED) is 0.665.